The Bertz CT molecular complexity index is 1800. The zero-order chi connectivity index (χ0) is 63.8. The molecular formula is C65H126N2O18P2. The highest BCUT2D eigenvalue weighted by Crippen LogP contribution is 2.44. The number of methoxy groups -OCH3 is 1. The van der Waals surface area contributed by atoms with Crippen molar-refractivity contribution in [2.24, 2.45) is 0 Å². The summed E-state index contributed by atoms with van der Waals surface area (Å²) in [6, 6.07) is -2.69. The van der Waals surface area contributed by atoms with Crippen molar-refractivity contribution in [1.82, 2.24) is 10.6 Å². The maximum atomic E-state index is 14.1. The van der Waals surface area contributed by atoms with E-state index in [0.717, 1.165) is 148 Å². The van der Waals surface area contributed by atoms with Gasteiger partial charge in [0.05, 0.1) is 19.3 Å². The van der Waals surface area contributed by atoms with Crippen LogP contribution in [0.5, 0.6) is 0 Å². The number of rotatable bonds is 58. The molecule has 2 aliphatic rings. The Morgan fingerprint density at radius 3 is 1.33 bits per heavy atom. The fourth-order valence-corrected chi connectivity index (χ4v) is 12.6. The van der Waals surface area contributed by atoms with Gasteiger partial charge in [-0.25, -0.2) is 9.13 Å². The van der Waals surface area contributed by atoms with E-state index in [4.69, 9.17) is 37.5 Å². The molecule has 2 amide bonds. The molecule has 8 N–H and O–H groups in total. The van der Waals surface area contributed by atoms with Crippen molar-refractivity contribution >= 4 is 27.5 Å². The number of ether oxygens (including phenoxy) is 6. The second-order valence-electron chi connectivity index (χ2n) is 24.6. The SMILES string of the molecule is CCCCCC/C=C\CCCCCCCCCC(=O)N[C@H]1[C@H](OC[C@H]2O[C@H](OP(=O)(O)O)[C@H](NC(=O)CCCCCCCCCCCCC)[C@@H](OCCCCCCCCCC)[C@@H]2O)O[C@H](COC)[C@@H](OP(=O)(O)O)[C@@H]1OCCC(O)CCCCCCC. The molecule has 514 valence electrons. The summed E-state index contributed by atoms with van der Waals surface area (Å²) in [6.45, 7) is 7.91. The first-order valence-corrected chi connectivity index (χ1v) is 37.8. The lowest BCUT2D eigenvalue weighted by Crippen LogP contribution is -2.67. The average molecular weight is 1290 g/mol. The first-order valence-electron chi connectivity index (χ1n) is 34.7. The van der Waals surface area contributed by atoms with Gasteiger partial charge >= 0.3 is 15.6 Å². The van der Waals surface area contributed by atoms with Crippen LogP contribution in [-0.4, -0.2) is 143 Å². The van der Waals surface area contributed by atoms with Crippen molar-refractivity contribution in [3.05, 3.63) is 12.2 Å². The zero-order valence-corrected chi connectivity index (χ0v) is 56.6. The third-order valence-corrected chi connectivity index (χ3v) is 17.6. The number of hydrogen-bond acceptors (Lipinski definition) is 14. The molecule has 22 heteroatoms. The van der Waals surface area contributed by atoms with E-state index in [1.54, 1.807) is 0 Å². The number of nitrogens with one attached hydrogen (secondary N) is 2. The molecule has 11 atom stereocenters. The standard InChI is InChI=1S/C65H126N2O18P2/c1-6-10-14-18-21-24-26-27-28-29-31-33-35-39-43-47-57(70)67-59-63(80-50-48-53(68)45-41-37-17-13-9-4)61(84-86(72,73)74)55(51-78-5)83-64(59)81-52-54-60(71)62(79-49-44-40-36-23-20-16-12-8-3)58(65(82-54)85-87(75,76)77)66-56(69)46-42-38-34-32-30-25-22-19-15-11-7-2/h24,26,53-55,58-65,68,71H,6-23,25,27-52H2,1-5H3,(H,66,69)(H,67,70)(H2,72,73,74)(H2,75,76,77)/b26-24-/t53?,54-,55-,58-,59-,60-,61-,62-,63-,64-,65-/m1/s1. The van der Waals surface area contributed by atoms with Crippen LogP contribution in [0.25, 0.3) is 0 Å². The number of carbonyl (C=O) groups excluding carboxylic acids is 2. The van der Waals surface area contributed by atoms with Crippen LogP contribution in [0.3, 0.4) is 0 Å². The fourth-order valence-electron chi connectivity index (χ4n) is 11.5. The Balaban J connectivity index is 2.40. The number of hydrogen-bond donors (Lipinski definition) is 8. The first-order chi connectivity index (χ1) is 42.0. The zero-order valence-electron chi connectivity index (χ0n) is 54.8. The molecule has 1 unspecified atom stereocenters. The number of aliphatic hydroxyl groups is 2. The molecule has 0 aromatic heterocycles. The molecule has 0 spiro atoms. The van der Waals surface area contributed by atoms with Crippen molar-refractivity contribution in [2.45, 2.75) is 358 Å². The molecule has 0 radical (unpaired) electrons. The number of phosphoric ester groups is 2. The summed E-state index contributed by atoms with van der Waals surface area (Å²) >= 11 is 0. The van der Waals surface area contributed by atoms with Crippen LogP contribution in [0.15, 0.2) is 12.2 Å². The van der Waals surface area contributed by atoms with Crippen LogP contribution in [0.2, 0.25) is 0 Å². The molecule has 0 bridgehead atoms. The van der Waals surface area contributed by atoms with Gasteiger partial charge in [-0.05, 0) is 57.8 Å². The topological polar surface area (TPSA) is 288 Å². The van der Waals surface area contributed by atoms with Crippen molar-refractivity contribution < 1.29 is 86.0 Å². The van der Waals surface area contributed by atoms with Gasteiger partial charge in [0.1, 0.15) is 48.7 Å². The van der Waals surface area contributed by atoms with Crippen molar-refractivity contribution in [1.29, 1.82) is 0 Å². The Morgan fingerprint density at radius 1 is 0.460 bits per heavy atom. The molecule has 2 fully saturated rings. The number of aliphatic hydroxyl groups excluding tert-OH is 2. The molecule has 2 aliphatic heterocycles. The molecule has 2 heterocycles. The van der Waals surface area contributed by atoms with Gasteiger partial charge in [-0.3, -0.25) is 18.6 Å². The van der Waals surface area contributed by atoms with E-state index in [1.807, 2.05) is 0 Å². The van der Waals surface area contributed by atoms with Crippen LogP contribution in [0, 0.1) is 0 Å². The van der Waals surface area contributed by atoms with E-state index in [0.29, 0.717) is 25.7 Å². The van der Waals surface area contributed by atoms with Gasteiger partial charge in [-0.15, -0.1) is 0 Å². The van der Waals surface area contributed by atoms with Crippen LogP contribution >= 0.6 is 15.6 Å². The van der Waals surface area contributed by atoms with E-state index >= 15 is 0 Å². The van der Waals surface area contributed by atoms with E-state index in [9.17, 15) is 48.5 Å². The van der Waals surface area contributed by atoms with E-state index in [2.05, 4.69) is 50.5 Å². The van der Waals surface area contributed by atoms with Gasteiger partial charge in [-0.1, -0.05) is 232 Å². The smallest absolute Gasteiger partial charge is 0.393 e. The minimum atomic E-state index is -5.32. The maximum absolute atomic E-state index is 14.1. The number of phosphoric acid groups is 2. The molecule has 0 aromatic rings. The Labute approximate surface area is 526 Å². The molecule has 2 rings (SSSR count). The summed E-state index contributed by atoms with van der Waals surface area (Å²) in [7, 11) is -9.23. The Hall–Kier alpha value is -1.42. The van der Waals surface area contributed by atoms with E-state index in [1.165, 1.54) is 77.7 Å². The normalized spacial score (nSPS) is 23.2. The second-order valence-corrected chi connectivity index (χ2v) is 27.0. The van der Waals surface area contributed by atoms with Gasteiger partial charge in [0.2, 0.25) is 11.8 Å². The lowest BCUT2D eigenvalue weighted by molar-refractivity contribution is -0.301. The monoisotopic (exact) mass is 1280 g/mol. The summed E-state index contributed by atoms with van der Waals surface area (Å²) in [5.74, 6) is -0.857. The quantitative estimate of drug-likeness (QED) is 0.0160. The predicted octanol–water partition coefficient (Wildman–Crippen LogP) is 13.8. The van der Waals surface area contributed by atoms with Gasteiger partial charge in [0.25, 0.3) is 0 Å². The summed E-state index contributed by atoms with van der Waals surface area (Å²) in [6.07, 6.45) is 31.9. The fraction of sp³-hybridized carbons (Fsp3) is 0.938. The molecular weight excluding hydrogens is 1160 g/mol. The van der Waals surface area contributed by atoms with Crippen LogP contribution in [0.4, 0.5) is 0 Å². The molecule has 0 saturated carbocycles. The summed E-state index contributed by atoms with van der Waals surface area (Å²) in [5.41, 5.74) is 0. The number of allylic oxidation sites excluding steroid dienone is 2. The Kier molecular flexibility index (Phi) is 48.8. The third-order valence-electron chi connectivity index (χ3n) is 16.6. The summed E-state index contributed by atoms with van der Waals surface area (Å²) in [4.78, 5) is 68.8. The maximum Gasteiger partial charge on any atom is 0.472 e. The minimum Gasteiger partial charge on any atom is -0.393 e. The molecule has 87 heavy (non-hydrogen) atoms. The highest BCUT2D eigenvalue weighted by Gasteiger charge is 2.53. The van der Waals surface area contributed by atoms with Gasteiger partial charge in [0, 0.05) is 33.2 Å². The molecule has 20 nitrogen and oxygen atoms in total. The highest BCUT2D eigenvalue weighted by atomic mass is 31.2. The lowest BCUT2D eigenvalue weighted by Gasteiger charge is -2.47. The first kappa shape index (κ1) is 81.7. The second kappa shape index (κ2) is 52.0. The molecule has 0 aromatic carbocycles. The Morgan fingerprint density at radius 2 is 0.862 bits per heavy atom. The van der Waals surface area contributed by atoms with Crippen LogP contribution in [-0.2, 0) is 56.2 Å². The van der Waals surface area contributed by atoms with Gasteiger partial charge in [-0.2, -0.15) is 0 Å². The van der Waals surface area contributed by atoms with Gasteiger partial charge < -0.3 is 68.8 Å². The minimum absolute atomic E-state index is 0.0946. The number of unbranched alkanes of at least 4 members (excludes halogenated alkanes) is 32. The van der Waals surface area contributed by atoms with Crippen LogP contribution < -0.4 is 10.6 Å². The largest absolute Gasteiger partial charge is 0.472 e. The molecule has 0 aliphatic carbocycles. The van der Waals surface area contributed by atoms with E-state index in [-0.39, 0.29) is 39.1 Å². The summed E-state index contributed by atoms with van der Waals surface area (Å²) in [5, 5.41) is 29.0. The summed E-state index contributed by atoms with van der Waals surface area (Å²) < 4.78 is 73.3. The van der Waals surface area contributed by atoms with Crippen molar-refractivity contribution in [2.75, 3.05) is 33.5 Å². The highest BCUT2D eigenvalue weighted by molar-refractivity contribution is 7.46. The number of carbonyl (C=O) groups is 2. The van der Waals surface area contributed by atoms with E-state index < -0.39 is 101 Å². The average Bonchev–Trinajstić information content (AvgIpc) is 3.67. The van der Waals surface area contributed by atoms with Gasteiger partial charge in [0.15, 0.2) is 12.6 Å². The number of amides is 2. The lowest BCUT2D eigenvalue weighted by atomic mass is 9.95. The molecule has 2 saturated heterocycles. The van der Waals surface area contributed by atoms with Crippen molar-refractivity contribution in [3.63, 3.8) is 0 Å². The predicted molar refractivity (Wildman–Crippen MR) is 342 cm³/mol. The third kappa shape index (κ3) is 41.0. The van der Waals surface area contributed by atoms with Crippen molar-refractivity contribution in [3.8, 4) is 0 Å². The van der Waals surface area contributed by atoms with Crippen LogP contribution in [0.1, 0.15) is 291 Å².